The Morgan fingerprint density at radius 2 is 1.73 bits per heavy atom. The van der Waals surface area contributed by atoms with Crippen molar-refractivity contribution in [2.24, 2.45) is 0 Å². The predicted molar refractivity (Wildman–Crippen MR) is 134 cm³/mol. The van der Waals surface area contributed by atoms with Crippen LogP contribution in [-0.2, 0) is 4.79 Å². The van der Waals surface area contributed by atoms with Gasteiger partial charge in [-0.1, -0.05) is 36.4 Å². The lowest BCUT2D eigenvalue weighted by Crippen LogP contribution is -2.52. The zero-order valence-corrected chi connectivity index (χ0v) is 20.2. The van der Waals surface area contributed by atoms with E-state index >= 15 is 0 Å². The molecule has 0 bridgehead atoms. The average molecular weight is 510 g/mol. The maximum absolute atomic E-state index is 12.9. The molecule has 1 saturated heterocycles. The van der Waals surface area contributed by atoms with Crippen molar-refractivity contribution in [2.45, 2.75) is 37.9 Å². The fourth-order valence-corrected chi connectivity index (χ4v) is 4.75. The van der Waals surface area contributed by atoms with Crippen LogP contribution in [0, 0.1) is 0 Å². The first kappa shape index (κ1) is 23.5. The van der Waals surface area contributed by atoms with Crippen LogP contribution in [0.4, 0.5) is 24.8 Å². The summed E-state index contributed by atoms with van der Waals surface area (Å²) in [6.45, 7) is 2.50. The third-order valence-electron chi connectivity index (χ3n) is 7.03. The minimum Gasteiger partial charge on any atom is -0.363 e. The third-order valence-corrected chi connectivity index (χ3v) is 7.03. The second kappa shape index (κ2) is 8.89. The van der Waals surface area contributed by atoms with Crippen molar-refractivity contribution in [2.75, 3.05) is 36.4 Å². The summed E-state index contributed by atoms with van der Waals surface area (Å²) in [4.78, 5) is 23.7. The number of anilines is 2. The monoisotopic (exact) mass is 509 g/mol. The van der Waals surface area contributed by atoms with E-state index in [-0.39, 0.29) is 32.2 Å². The maximum Gasteiger partial charge on any atom is 0.471 e. The molecule has 3 heterocycles. The number of carbonyl (C=O) groups is 1. The first-order valence-corrected chi connectivity index (χ1v) is 12.4. The van der Waals surface area contributed by atoms with Crippen LogP contribution in [0.2, 0.25) is 0 Å². The third kappa shape index (κ3) is 4.65. The number of nitrogens with one attached hydrogen (secondary N) is 1. The second-order valence-corrected chi connectivity index (χ2v) is 9.71. The molecule has 0 unspecified atom stereocenters. The highest BCUT2D eigenvalue weighted by Crippen LogP contribution is 2.38. The van der Waals surface area contributed by atoms with Crippen molar-refractivity contribution in [1.82, 2.24) is 24.5 Å². The molecule has 2 aromatic carbocycles. The van der Waals surface area contributed by atoms with E-state index in [1.54, 1.807) is 4.52 Å². The topological polar surface area (TPSA) is 78.7 Å². The van der Waals surface area contributed by atoms with E-state index in [1.807, 2.05) is 23.1 Å². The number of hydrogen-bond acceptors (Lipinski definition) is 6. The Hall–Kier alpha value is -3.89. The van der Waals surface area contributed by atoms with Crippen molar-refractivity contribution in [1.29, 1.82) is 0 Å². The molecule has 2 fully saturated rings. The Morgan fingerprint density at radius 1 is 1.00 bits per heavy atom. The molecule has 1 amide bonds. The minimum atomic E-state index is -4.87. The number of fused-ring (bicyclic) bond motifs is 2. The SMILES string of the molecule is C[C@@H](Nc1cc(N2CCN(C(=O)C(F)(F)F)CC2)nc2nc(C3CC3)nn12)c1ccc2ccccc2c1. The van der Waals surface area contributed by atoms with E-state index in [0.717, 1.165) is 34.5 Å². The van der Waals surface area contributed by atoms with Crippen LogP contribution in [0.1, 0.15) is 43.1 Å². The normalized spacial score (nSPS) is 17.4. The number of hydrogen-bond donors (Lipinski definition) is 1. The molecule has 8 nitrogen and oxygen atoms in total. The number of nitrogens with zero attached hydrogens (tertiary/aromatic N) is 6. The first-order chi connectivity index (χ1) is 17.8. The number of alkyl halides is 3. The number of rotatable bonds is 5. The van der Waals surface area contributed by atoms with E-state index in [1.165, 1.54) is 5.39 Å². The summed E-state index contributed by atoms with van der Waals surface area (Å²) in [5.41, 5.74) is 1.10. The standard InChI is InChI=1S/C26H26F3N7O/c1-16(19-9-6-17-4-2-3-5-20(17)14-19)30-22-15-21(31-25-32-23(18-7-8-18)33-36(22)25)34-10-12-35(13-11-34)24(37)26(27,28)29/h2-6,9,14-16,18,30H,7-8,10-13H2,1H3/t16-/m1/s1. The molecule has 1 saturated carbocycles. The molecular weight excluding hydrogens is 483 g/mol. The molecule has 4 aromatic rings. The van der Waals surface area contributed by atoms with E-state index in [4.69, 9.17) is 5.10 Å². The molecular formula is C26H26F3N7O. The molecule has 2 aliphatic rings. The molecule has 1 atom stereocenters. The zero-order valence-electron chi connectivity index (χ0n) is 20.2. The molecule has 0 radical (unpaired) electrons. The number of carbonyl (C=O) groups excluding carboxylic acids is 1. The summed E-state index contributed by atoms with van der Waals surface area (Å²) >= 11 is 0. The van der Waals surface area contributed by atoms with Crippen LogP contribution in [0.25, 0.3) is 16.6 Å². The number of benzene rings is 2. The Bertz CT molecular complexity index is 1470. The molecule has 37 heavy (non-hydrogen) atoms. The Labute approximate surface area is 211 Å². The van der Waals surface area contributed by atoms with Gasteiger partial charge in [-0.05, 0) is 42.2 Å². The molecule has 1 aliphatic heterocycles. The summed E-state index contributed by atoms with van der Waals surface area (Å²) in [5.74, 6) is 1.04. The van der Waals surface area contributed by atoms with Crippen molar-refractivity contribution in [3.05, 3.63) is 59.9 Å². The van der Waals surface area contributed by atoms with Gasteiger partial charge in [-0.15, -0.1) is 5.10 Å². The number of halogens is 3. The zero-order chi connectivity index (χ0) is 25.7. The highest BCUT2D eigenvalue weighted by Gasteiger charge is 2.43. The number of aromatic nitrogens is 4. The van der Waals surface area contributed by atoms with Crippen LogP contribution in [0.3, 0.4) is 0 Å². The summed E-state index contributed by atoms with van der Waals surface area (Å²) < 4.78 is 40.3. The van der Waals surface area contributed by atoms with Crippen molar-refractivity contribution < 1.29 is 18.0 Å². The summed E-state index contributed by atoms with van der Waals surface area (Å²) in [7, 11) is 0. The first-order valence-electron chi connectivity index (χ1n) is 12.4. The molecule has 1 aliphatic carbocycles. The summed E-state index contributed by atoms with van der Waals surface area (Å²) in [5, 5.41) is 10.6. The fourth-order valence-electron chi connectivity index (χ4n) is 4.75. The van der Waals surface area contributed by atoms with Crippen LogP contribution in [-0.4, -0.2) is 62.7 Å². The number of piperazine rings is 1. The van der Waals surface area contributed by atoms with Crippen molar-refractivity contribution in [3.63, 3.8) is 0 Å². The highest BCUT2D eigenvalue weighted by molar-refractivity contribution is 5.83. The van der Waals surface area contributed by atoms with Gasteiger partial charge in [0.1, 0.15) is 11.6 Å². The van der Waals surface area contributed by atoms with Gasteiger partial charge in [0.05, 0.1) is 0 Å². The largest absolute Gasteiger partial charge is 0.471 e. The van der Waals surface area contributed by atoms with Crippen LogP contribution in [0.15, 0.2) is 48.5 Å². The van der Waals surface area contributed by atoms with Gasteiger partial charge in [-0.3, -0.25) is 4.79 Å². The lowest BCUT2D eigenvalue weighted by atomic mass is 10.0. The van der Waals surface area contributed by atoms with E-state index in [9.17, 15) is 18.0 Å². The van der Waals surface area contributed by atoms with Crippen LogP contribution in [0.5, 0.6) is 0 Å². The minimum absolute atomic E-state index is 0.0263. The van der Waals surface area contributed by atoms with Gasteiger partial charge in [0.25, 0.3) is 5.78 Å². The van der Waals surface area contributed by atoms with Gasteiger partial charge in [0.2, 0.25) is 0 Å². The lowest BCUT2D eigenvalue weighted by Gasteiger charge is -2.35. The van der Waals surface area contributed by atoms with Gasteiger partial charge in [-0.25, -0.2) is 0 Å². The van der Waals surface area contributed by atoms with E-state index in [2.05, 4.69) is 52.5 Å². The van der Waals surface area contributed by atoms with Gasteiger partial charge < -0.3 is 15.1 Å². The second-order valence-electron chi connectivity index (χ2n) is 9.71. The average Bonchev–Trinajstić information content (AvgIpc) is 3.66. The number of amides is 1. The van der Waals surface area contributed by atoms with Gasteiger partial charge in [-0.2, -0.15) is 27.7 Å². The Kier molecular flexibility index (Phi) is 5.65. The molecule has 192 valence electrons. The predicted octanol–water partition coefficient (Wildman–Crippen LogP) is 4.54. The smallest absolute Gasteiger partial charge is 0.363 e. The molecule has 2 aromatic heterocycles. The lowest BCUT2D eigenvalue weighted by molar-refractivity contribution is -0.185. The molecule has 6 rings (SSSR count). The summed E-state index contributed by atoms with van der Waals surface area (Å²) in [6, 6.07) is 16.3. The Morgan fingerprint density at radius 3 is 2.43 bits per heavy atom. The molecule has 0 spiro atoms. The van der Waals surface area contributed by atoms with E-state index < -0.39 is 12.1 Å². The Balaban J connectivity index is 1.29. The van der Waals surface area contributed by atoms with Gasteiger partial charge in [0, 0.05) is 44.2 Å². The fraction of sp³-hybridized carbons (Fsp3) is 0.385. The maximum atomic E-state index is 12.9. The highest BCUT2D eigenvalue weighted by atomic mass is 19.4. The van der Waals surface area contributed by atoms with Crippen molar-refractivity contribution >= 4 is 34.1 Å². The van der Waals surface area contributed by atoms with Crippen LogP contribution >= 0.6 is 0 Å². The summed E-state index contributed by atoms with van der Waals surface area (Å²) in [6.07, 6.45) is -2.76. The van der Waals surface area contributed by atoms with Gasteiger partial charge >= 0.3 is 12.1 Å². The quantitative estimate of drug-likeness (QED) is 0.426. The van der Waals surface area contributed by atoms with Crippen LogP contribution < -0.4 is 10.2 Å². The van der Waals surface area contributed by atoms with E-state index in [0.29, 0.717) is 23.3 Å². The van der Waals surface area contributed by atoms with Crippen molar-refractivity contribution in [3.8, 4) is 0 Å². The van der Waals surface area contributed by atoms with Gasteiger partial charge in [0.15, 0.2) is 5.82 Å². The molecule has 11 heteroatoms. The molecule has 1 N–H and O–H groups in total.